The lowest BCUT2D eigenvalue weighted by Crippen LogP contribution is -2.73. The van der Waals surface area contributed by atoms with Gasteiger partial charge < -0.3 is 10.1 Å². The summed E-state index contributed by atoms with van der Waals surface area (Å²) in [5.41, 5.74) is 2.54. The Morgan fingerprint density at radius 2 is 1.94 bits per heavy atom. The number of nitrogens with one attached hydrogen (secondary N) is 2. The van der Waals surface area contributed by atoms with E-state index in [0.717, 1.165) is 19.3 Å². The lowest BCUT2D eigenvalue weighted by atomic mass is 9.40. The number of pyridine rings is 1. The van der Waals surface area contributed by atoms with Gasteiger partial charge in [-0.1, -0.05) is 19.1 Å². The molecule has 3 aliphatic carbocycles. The lowest BCUT2D eigenvalue weighted by Gasteiger charge is -2.69. The molecule has 2 amide bonds. The molecular formula is C25H26FN5O3. The average Bonchev–Trinajstić information content (AvgIpc) is 3.12. The van der Waals surface area contributed by atoms with Crippen LogP contribution in [0, 0.1) is 11.2 Å². The van der Waals surface area contributed by atoms with Gasteiger partial charge in [-0.05, 0) is 61.4 Å². The molecule has 2 aromatic heterocycles. The Balaban J connectivity index is 1.25. The SMILES string of the molecule is C[C@@H](OC(=O)Nc1c(-c2ccc(C(=O)NC34CC(C)(C3)C4)cn2)cnn1C)c1cccc(F)c1. The van der Waals surface area contributed by atoms with Crippen molar-refractivity contribution < 1.29 is 18.7 Å². The number of carbonyl (C=O) groups is 2. The van der Waals surface area contributed by atoms with Crippen LogP contribution in [0.3, 0.4) is 0 Å². The molecule has 8 nitrogen and oxygen atoms in total. The van der Waals surface area contributed by atoms with Crippen LogP contribution in [0.25, 0.3) is 11.3 Å². The number of aromatic nitrogens is 3. The molecular weight excluding hydrogens is 437 g/mol. The van der Waals surface area contributed by atoms with Gasteiger partial charge in [0.2, 0.25) is 0 Å². The van der Waals surface area contributed by atoms with E-state index < -0.39 is 18.0 Å². The van der Waals surface area contributed by atoms with E-state index in [9.17, 15) is 14.0 Å². The van der Waals surface area contributed by atoms with E-state index >= 15 is 0 Å². The third-order valence-corrected chi connectivity index (χ3v) is 6.74. The number of hydrogen-bond donors (Lipinski definition) is 2. The van der Waals surface area contributed by atoms with Crippen LogP contribution in [0.4, 0.5) is 15.0 Å². The first kappa shape index (κ1) is 22.1. The van der Waals surface area contributed by atoms with Crippen LogP contribution in [0.5, 0.6) is 0 Å². The summed E-state index contributed by atoms with van der Waals surface area (Å²) in [6.45, 7) is 3.91. The number of amides is 2. The van der Waals surface area contributed by atoms with Crippen molar-refractivity contribution in [2.45, 2.75) is 44.8 Å². The summed E-state index contributed by atoms with van der Waals surface area (Å²) in [5.74, 6) is -0.132. The zero-order valence-corrected chi connectivity index (χ0v) is 19.3. The highest BCUT2D eigenvalue weighted by Gasteiger charge is 2.65. The maximum absolute atomic E-state index is 13.5. The summed E-state index contributed by atoms with van der Waals surface area (Å²) in [4.78, 5) is 29.6. The topological polar surface area (TPSA) is 98.1 Å². The number of aryl methyl sites for hydroxylation is 1. The third-order valence-electron chi connectivity index (χ3n) is 6.74. The Bertz CT molecular complexity index is 1250. The first-order valence-corrected chi connectivity index (χ1v) is 11.2. The molecule has 0 saturated heterocycles. The normalized spacial score (nSPS) is 23.3. The zero-order valence-electron chi connectivity index (χ0n) is 19.3. The molecule has 3 aliphatic rings. The van der Waals surface area contributed by atoms with E-state index in [0.29, 0.717) is 33.6 Å². The van der Waals surface area contributed by atoms with Crippen LogP contribution < -0.4 is 10.6 Å². The largest absolute Gasteiger partial charge is 0.441 e. The molecule has 2 heterocycles. The van der Waals surface area contributed by atoms with Gasteiger partial charge >= 0.3 is 6.09 Å². The van der Waals surface area contributed by atoms with Crippen LogP contribution in [0.2, 0.25) is 0 Å². The molecule has 9 heteroatoms. The van der Waals surface area contributed by atoms with E-state index in [1.807, 2.05) is 0 Å². The minimum Gasteiger partial charge on any atom is -0.441 e. The fourth-order valence-corrected chi connectivity index (χ4v) is 5.32. The molecule has 2 N–H and O–H groups in total. The third kappa shape index (κ3) is 4.02. The maximum Gasteiger partial charge on any atom is 0.413 e. The van der Waals surface area contributed by atoms with Crippen molar-refractivity contribution in [3.05, 3.63) is 65.7 Å². The van der Waals surface area contributed by atoms with Gasteiger partial charge in [-0.2, -0.15) is 5.10 Å². The fourth-order valence-electron chi connectivity index (χ4n) is 5.32. The number of ether oxygens (including phenoxy) is 1. The zero-order chi connectivity index (χ0) is 24.1. The first-order valence-electron chi connectivity index (χ1n) is 11.2. The molecule has 3 saturated carbocycles. The number of rotatable bonds is 6. The first-order chi connectivity index (χ1) is 16.2. The minimum absolute atomic E-state index is 0.0338. The number of nitrogens with zero attached hydrogens (tertiary/aromatic N) is 3. The van der Waals surface area contributed by atoms with Gasteiger partial charge in [-0.25, -0.2) is 9.18 Å². The maximum atomic E-state index is 13.5. The van der Waals surface area contributed by atoms with Crippen molar-refractivity contribution in [2.75, 3.05) is 5.32 Å². The summed E-state index contributed by atoms with van der Waals surface area (Å²) >= 11 is 0. The molecule has 2 bridgehead atoms. The summed E-state index contributed by atoms with van der Waals surface area (Å²) in [7, 11) is 1.68. The van der Waals surface area contributed by atoms with E-state index in [1.54, 1.807) is 44.4 Å². The Morgan fingerprint density at radius 3 is 2.59 bits per heavy atom. The Kier molecular flexibility index (Phi) is 5.15. The van der Waals surface area contributed by atoms with Gasteiger partial charge in [0.1, 0.15) is 17.7 Å². The molecule has 1 atom stereocenters. The Morgan fingerprint density at radius 1 is 1.18 bits per heavy atom. The monoisotopic (exact) mass is 463 g/mol. The average molecular weight is 464 g/mol. The van der Waals surface area contributed by atoms with Crippen molar-refractivity contribution in [1.82, 2.24) is 20.1 Å². The van der Waals surface area contributed by atoms with Gasteiger partial charge in [-0.15, -0.1) is 0 Å². The smallest absolute Gasteiger partial charge is 0.413 e. The highest BCUT2D eigenvalue weighted by atomic mass is 19.1. The van der Waals surface area contributed by atoms with E-state index in [2.05, 4.69) is 27.6 Å². The van der Waals surface area contributed by atoms with Gasteiger partial charge in [0.15, 0.2) is 0 Å². The van der Waals surface area contributed by atoms with Crippen molar-refractivity contribution in [2.24, 2.45) is 12.5 Å². The predicted molar refractivity (Wildman–Crippen MR) is 124 cm³/mol. The quantitative estimate of drug-likeness (QED) is 0.557. The minimum atomic E-state index is -0.704. The summed E-state index contributed by atoms with van der Waals surface area (Å²) in [5, 5.41) is 10.0. The number of halogens is 1. The van der Waals surface area contributed by atoms with Gasteiger partial charge in [0.05, 0.1) is 23.0 Å². The number of hydrogen-bond acceptors (Lipinski definition) is 5. The Hall–Kier alpha value is -3.75. The molecule has 6 rings (SSSR count). The molecule has 34 heavy (non-hydrogen) atoms. The van der Waals surface area contributed by atoms with Crippen molar-refractivity contribution in [3.8, 4) is 11.3 Å². The van der Waals surface area contributed by atoms with E-state index in [4.69, 9.17) is 4.74 Å². The van der Waals surface area contributed by atoms with Gasteiger partial charge in [0.25, 0.3) is 5.91 Å². The van der Waals surface area contributed by atoms with Crippen molar-refractivity contribution in [1.29, 1.82) is 0 Å². The van der Waals surface area contributed by atoms with Crippen LogP contribution in [-0.4, -0.2) is 32.3 Å². The highest BCUT2D eigenvalue weighted by Crippen LogP contribution is 2.66. The molecule has 176 valence electrons. The molecule has 3 fully saturated rings. The van der Waals surface area contributed by atoms with Crippen LogP contribution in [-0.2, 0) is 11.8 Å². The standard InChI is InChI=1S/C25H26FN5O3/c1-15(16-5-4-6-18(26)9-16)34-23(33)29-21-19(11-28-31(21)3)20-8-7-17(10-27-20)22(32)30-25-12-24(2,13-25)14-25/h4-11,15H,12-14H2,1-3H3,(H,29,33)(H,30,32)/t15-,24?,25?/m1/s1. The summed E-state index contributed by atoms with van der Waals surface area (Å²) < 4.78 is 20.4. The lowest BCUT2D eigenvalue weighted by molar-refractivity contribution is -0.132. The van der Waals surface area contributed by atoms with Gasteiger partial charge in [-0.3, -0.25) is 19.8 Å². The van der Waals surface area contributed by atoms with Crippen molar-refractivity contribution in [3.63, 3.8) is 0 Å². The van der Waals surface area contributed by atoms with Crippen LogP contribution in [0.1, 0.15) is 55.1 Å². The van der Waals surface area contributed by atoms with E-state index in [1.165, 1.54) is 23.0 Å². The second kappa shape index (κ2) is 7.93. The highest BCUT2D eigenvalue weighted by molar-refractivity contribution is 5.95. The number of anilines is 1. The molecule has 0 spiro atoms. The van der Waals surface area contributed by atoms with Crippen LogP contribution >= 0.6 is 0 Å². The molecule has 3 aromatic rings. The predicted octanol–water partition coefficient (Wildman–Crippen LogP) is 4.60. The fraction of sp³-hybridized carbons (Fsp3) is 0.360. The summed E-state index contributed by atoms with van der Waals surface area (Å²) in [6.07, 6.45) is 4.87. The Labute approximate surface area is 196 Å². The number of carbonyl (C=O) groups excluding carboxylic acids is 2. The molecule has 0 radical (unpaired) electrons. The summed E-state index contributed by atoms with van der Waals surface area (Å²) in [6, 6.07) is 9.34. The van der Waals surface area contributed by atoms with Crippen LogP contribution in [0.15, 0.2) is 48.8 Å². The second-order valence-electron chi connectivity index (χ2n) is 9.77. The van der Waals surface area contributed by atoms with Crippen molar-refractivity contribution >= 4 is 17.8 Å². The molecule has 0 unspecified atom stereocenters. The molecule has 1 aromatic carbocycles. The van der Waals surface area contributed by atoms with E-state index in [-0.39, 0.29) is 11.4 Å². The molecule has 0 aliphatic heterocycles. The second-order valence-corrected chi connectivity index (χ2v) is 9.77. The number of benzene rings is 1. The van der Waals surface area contributed by atoms with Gasteiger partial charge in [0, 0.05) is 18.8 Å².